The van der Waals surface area contributed by atoms with Crippen molar-refractivity contribution >= 4 is 45.3 Å². The third kappa shape index (κ3) is 3.05. The van der Waals surface area contributed by atoms with Crippen LogP contribution in [0.3, 0.4) is 0 Å². The van der Waals surface area contributed by atoms with Crippen molar-refractivity contribution in [1.82, 2.24) is 9.97 Å². The van der Waals surface area contributed by atoms with E-state index in [-0.39, 0.29) is 0 Å². The fraction of sp³-hybridized carbons (Fsp3) is 0.692. The Labute approximate surface area is 131 Å². The summed E-state index contributed by atoms with van der Waals surface area (Å²) >= 11 is 7.54. The zero-order valence-electron chi connectivity index (χ0n) is 10.8. The lowest BCUT2D eigenvalue weighted by molar-refractivity contribution is 0.680. The summed E-state index contributed by atoms with van der Waals surface area (Å²) in [6, 6.07) is 0. The summed E-state index contributed by atoms with van der Waals surface area (Å²) in [7, 11) is 0. The van der Waals surface area contributed by atoms with Gasteiger partial charge in [0.15, 0.2) is 0 Å². The topological polar surface area (TPSA) is 51.8 Å². The van der Waals surface area contributed by atoms with Crippen molar-refractivity contribution in [3.63, 3.8) is 0 Å². The summed E-state index contributed by atoms with van der Waals surface area (Å²) in [6.07, 6.45) is 5.09. The molecule has 2 heterocycles. The fourth-order valence-corrected chi connectivity index (χ4v) is 5.85. The first kappa shape index (κ1) is 14.0. The van der Waals surface area contributed by atoms with E-state index in [9.17, 15) is 0 Å². The number of halogens is 1. The molecule has 2 fully saturated rings. The van der Waals surface area contributed by atoms with Crippen LogP contribution in [0.25, 0.3) is 0 Å². The Morgan fingerprint density at radius 2 is 1.95 bits per heavy atom. The molecule has 2 aliphatic rings. The van der Waals surface area contributed by atoms with Gasteiger partial charge in [-0.15, -0.1) is 11.8 Å². The van der Waals surface area contributed by atoms with Crippen molar-refractivity contribution < 1.29 is 0 Å². The summed E-state index contributed by atoms with van der Waals surface area (Å²) in [6.45, 7) is 0. The van der Waals surface area contributed by atoms with Gasteiger partial charge in [-0.2, -0.15) is 11.8 Å². The summed E-state index contributed by atoms with van der Waals surface area (Å²) in [5, 5.41) is 0.411. The maximum absolute atomic E-state index is 6.08. The molecule has 1 atom stereocenters. The Morgan fingerprint density at radius 1 is 1.16 bits per heavy atom. The maximum atomic E-state index is 6.08. The predicted octanol–water partition coefficient (Wildman–Crippen LogP) is 4.00. The van der Waals surface area contributed by atoms with Crippen LogP contribution in [-0.2, 0) is 0 Å². The third-order valence-corrected chi connectivity index (χ3v) is 7.33. The minimum atomic E-state index is 0.411. The Balaban J connectivity index is 1.92. The number of thioether (sulfide) groups is 2. The number of nitrogen functional groups attached to an aromatic ring is 1. The van der Waals surface area contributed by atoms with E-state index < -0.39 is 0 Å². The normalized spacial score (nSPS) is 24.8. The van der Waals surface area contributed by atoms with E-state index in [1.807, 2.05) is 23.5 Å². The molecule has 3 nitrogen and oxygen atoms in total. The molecule has 104 valence electrons. The second-order valence-corrected chi connectivity index (χ2v) is 8.34. The van der Waals surface area contributed by atoms with Crippen molar-refractivity contribution in [1.29, 1.82) is 0 Å². The monoisotopic (exact) mass is 359 g/mol. The van der Waals surface area contributed by atoms with Crippen LogP contribution in [0.2, 0.25) is 0 Å². The molecule has 1 aromatic rings. The quantitative estimate of drug-likeness (QED) is 0.864. The van der Waals surface area contributed by atoms with E-state index in [1.165, 1.54) is 37.2 Å². The first-order chi connectivity index (χ1) is 9.25. The van der Waals surface area contributed by atoms with Crippen LogP contribution in [0, 0.1) is 0 Å². The van der Waals surface area contributed by atoms with Crippen molar-refractivity contribution in [3.05, 3.63) is 16.0 Å². The number of hydrogen-bond acceptors (Lipinski definition) is 5. The van der Waals surface area contributed by atoms with E-state index in [2.05, 4.69) is 20.9 Å². The molecule has 0 radical (unpaired) electrons. The second kappa shape index (κ2) is 6.22. The molecule has 1 aromatic heterocycles. The number of anilines is 1. The summed E-state index contributed by atoms with van der Waals surface area (Å²) in [5.41, 5.74) is 7.23. The Bertz CT molecular complexity index is 457. The van der Waals surface area contributed by atoms with Gasteiger partial charge in [-0.3, -0.25) is 0 Å². The Kier molecular flexibility index (Phi) is 4.59. The van der Waals surface area contributed by atoms with E-state index in [0.29, 0.717) is 17.0 Å². The predicted molar refractivity (Wildman–Crippen MR) is 87.9 cm³/mol. The molecule has 1 saturated heterocycles. The van der Waals surface area contributed by atoms with Crippen molar-refractivity contribution in [2.45, 2.75) is 36.9 Å². The average Bonchev–Trinajstić information content (AvgIpc) is 2.96. The van der Waals surface area contributed by atoms with Gasteiger partial charge >= 0.3 is 0 Å². The highest BCUT2D eigenvalue weighted by Gasteiger charge is 2.26. The summed E-state index contributed by atoms with van der Waals surface area (Å²) in [4.78, 5) is 9.38. The highest BCUT2D eigenvalue weighted by Crippen LogP contribution is 2.41. The van der Waals surface area contributed by atoms with E-state index in [4.69, 9.17) is 10.7 Å². The van der Waals surface area contributed by atoms with Crippen molar-refractivity contribution in [2.24, 2.45) is 0 Å². The molecule has 0 spiro atoms. The van der Waals surface area contributed by atoms with Gasteiger partial charge in [0.2, 0.25) is 0 Å². The highest BCUT2D eigenvalue weighted by atomic mass is 79.9. The maximum Gasteiger partial charge on any atom is 0.144 e. The molecule has 19 heavy (non-hydrogen) atoms. The lowest BCUT2D eigenvalue weighted by Crippen LogP contribution is -2.14. The van der Waals surface area contributed by atoms with Gasteiger partial charge < -0.3 is 5.73 Å². The number of nitrogens with two attached hydrogens (primary N) is 1. The van der Waals surface area contributed by atoms with E-state index in [0.717, 1.165) is 21.7 Å². The molecular formula is C13H18BrN3S2. The van der Waals surface area contributed by atoms with Gasteiger partial charge in [0.25, 0.3) is 0 Å². The van der Waals surface area contributed by atoms with Crippen LogP contribution in [0.4, 0.5) is 5.82 Å². The summed E-state index contributed by atoms with van der Waals surface area (Å²) < 4.78 is 0.927. The lowest BCUT2D eigenvalue weighted by atomic mass is 10.0. The molecule has 1 unspecified atom stereocenters. The molecule has 1 aliphatic heterocycles. The van der Waals surface area contributed by atoms with Crippen LogP contribution in [0.5, 0.6) is 0 Å². The molecule has 0 aromatic carbocycles. The fourth-order valence-electron chi connectivity index (χ4n) is 2.75. The molecule has 2 N–H and O–H groups in total. The van der Waals surface area contributed by atoms with Gasteiger partial charge in [-0.25, -0.2) is 9.97 Å². The first-order valence-corrected chi connectivity index (χ1v) is 9.77. The minimum absolute atomic E-state index is 0.411. The molecule has 1 aliphatic carbocycles. The standard InChI is InChI=1S/C13H18BrN3S2/c14-10-11(8-3-1-2-4-8)16-13(17-12(10)15)9-7-18-5-6-19-9/h8-9H,1-7H2,(H2,15,16,17). The average molecular weight is 360 g/mol. The highest BCUT2D eigenvalue weighted by molar-refractivity contribution is 9.10. The largest absolute Gasteiger partial charge is 0.383 e. The van der Waals surface area contributed by atoms with Gasteiger partial charge in [-0.1, -0.05) is 12.8 Å². The van der Waals surface area contributed by atoms with Gasteiger partial charge in [-0.05, 0) is 28.8 Å². The van der Waals surface area contributed by atoms with Gasteiger partial charge in [0.05, 0.1) is 15.4 Å². The van der Waals surface area contributed by atoms with E-state index >= 15 is 0 Å². The molecule has 6 heteroatoms. The SMILES string of the molecule is Nc1nc(C2CSCCS2)nc(C2CCCC2)c1Br. The Hall–Kier alpha value is 0.0600. The number of hydrogen-bond donors (Lipinski definition) is 1. The van der Waals surface area contributed by atoms with E-state index in [1.54, 1.807) is 0 Å². The first-order valence-electron chi connectivity index (χ1n) is 6.78. The van der Waals surface area contributed by atoms with Crippen molar-refractivity contribution in [3.8, 4) is 0 Å². The van der Waals surface area contributed by atoms with Gasteiger partial charge in [0, 0.05) is 23.2 Å². The second-order valence-electron chi connectivity index (χ2n) is 5.08. The van der Waals surface area contributed by atoms with Crippen LogP contribution in [0.15, 0.2) is 4.47 Å². The molecular weight excluding hydrogens is 342 g/mol. The van der Waals surface area contributed by atoms with Crippen LogP contribution in [-0.4, -0.2) is 27.2 Å². The molecule has 0 bridgehead atoms. The molecule has 0 amide bonds. The Morgan fingerprint density at radius 3 is 2.63 bits per heavy atom. The third-order valence-electron chi connectivity index (χ3n) is 3.77. The van der Waals surface area contributed by atoms with Crippen LogP contribution in [0.1, 0.15) is 48.4 Å². The molecule has 1 saturated carbocycles. The summed E-state index contributed by atoms with van der Waals surface area (Å²) in [5.74, 6) is 5.66. The van der Waals surface area contributed by atoms with Gasteiger partial charge in [0.1, 0.15) is 11.6 Å². The zero-order valence-corrected chi connectivity index (χ0v) is 14.0. The zero-order chi connectivity index (χ0) is 13.2. The molecule has 3 rings (SSSR count). The lowest BCUT2D eigenvalue weighted by Gasteiger charge is -2.22. The van der Waals surface area contributed by atoms with Crippen molar-refractivity contribution in [2.75, 3.05) is 23.0 Å². The number of rotatable bonds is 2. The minimum Gasteiger partial charge on any atom is -0.383 e. The number of nitrogens with zero attached hydrogens (tertiary/aromatic N) is 2. The van der Waals surface area contributed by atoms with Crippen LogP contribution < -0.4 is 5.73 Å². The smallest absolute Gasteiger partial charge is 0.144 e. The van der Waals surface area contributed by atoms with Crippen LogP contribution >= 0.6 is 39.5 Å². The number of aromatic nitrogens is 2.